The summed E-state index contributed by atoms with van der Waals surface area (Å²) in [5.74, 6) is -1.24. The second-order valence-corrected chi connectivity index (χ2v) is 7.02. The zero-order chi connectivity index (χ0) is 19.0. The van der Waals surface area contributed by atoms with E-state index in [0.29, 0.717) is 17.1 Å². The predicted molar refractivity (Wildman–Crippen MR) is 98.1 cm³/mol. The average molecular weight is 377 g/mol. The summed E-state index contributed by atoms with van der Waals surface area (Å²) in [5, 5.41) is 9.84. The molecule has 1 aliphatic rings. The lowest BCUT2D eigenvalue weighted by Crippen LogP contribution is -2.51. The molecule has 0 saturated carbocycles. The Morgan fingerprint density at radius 3 is 2.62 bits per heavy atom. The molecule has 0 bridgehead atoms. The van der Waals surface area contributed by atoms with Crippen molar-refractivity contribution in [2.75, 3.05) is 13.1 Å². The molecule has 1 saturated heterocycles. The van der Waals surface area contributed by atoms with Crippen molar-refractivity contribution in [2.24, 2.45) is 0 Å². The third kappa shape index (κ3) is 3.48. The summed E-state index contributed by atoms with van der Waals surface area (Å²) in [6.07, 6.45) is -1.33. The number of halogens is 1. The topological polar surface area (TPSA) is 71.8 Å². The van der Waals surface area contributed by atoms with E-state index in [9.17, 15) is 14.7 Å². The molecule has 2 atom stereocenters. The van der Waals surface area contributed by atoms with E-state index in [1.54, 1.807) is 17.9 Å². The molecule has 3 rings (SSSR count). The van der Waals surface area contributed by atoms with Crippen molar-refractivity contribution in [3.8, 4) is 5.69 Å². The number of hydrogen-bond donors (Lipinski definition) is 1. The Balaban J connectivity index is 1.93. The number of aryl methyl sites for hydroxylation is 1. The van der Waals surface area contributed by atoms with Gasteiger partial charge in [0.05, 0.1) is 18.2 Å². The number of aromatic nitrogens is 1. The number of hydrogen-bond acceptors (Lipinski definition) is 3. The van der Waals surface area contributed by atoms with Crippen molar-refractivity contribution in [1.82, 2.24) is 9.47 Å². The Bertz CT molecular complexity index is 861. The fourth-order valence-electron chi connectivity index (χ4n) is 3.42. The molecule has 138 valence electrons. The number of aliphatic carboxylic acids is 1. The van der Waals surface area contributed by atoms with Gasteiger partial charge in [0.15, 0.2) is 6.10 Å². The summed E-state index contributed by atoms with van der Waals surface area (Å²) in [7, 11) is 0. The number of carboxylic acids is 1. The van der Waals surface area contributed by atoms with Crippen molar-refractivity contribution < 1.29 is 19.4 Å². The number of amides is 1. The number of carbonyl (C=O) groups excluding carboxylic acids is 1. The van der Waals surface area contributed by atoms with Crippen LogP contribution < -0.4 is 0 Å². The van der Waals surface area contributed by atoms with Crippen molar-refractivity contribution in [1.29, 1.82) is 0 Å². The van der Waals surface area contributed by atoms with E-state index in [2.05, 4.69) is 0 Å². The molecule has 2 heterocycles. The minimum absolute atomic E-state index is 0.0410. The first kappa shape index (κ1) is 18.5. The van der Waals surface area contributed by atoms with Crippen LogP contribution >= 0.6 is 11.6 Å². The fourth-order valence-corrected chi connectivity index (χ4v) is 3.60. The Labute approximate surface area is 156 Å². The number of ether oxygens (including phenoxy) is 1. The maximum Gasteiger partial charge on any atom is 0.334 e. The largest absolute Gasteiger partial charge is 0.479 e. The van der Waals surface area contributed by atoms with E-state index >= 15 is 0 Å². The molecule has 1 amide bonds. The van der Waals surface area contributed by atoms with Gasteiger partial charge < -0.3 is 19.3 Å². The Hall–Kier alpha value is -2.31. The molecular weight excluding hydrogens is 356 g/mol. The number of rotatable bonds is 3. The number of benzene rings is 1. The summed E-state index contributed by atoms with van der Waals surface area (Å²) in [5.41, 5.74) is 3.14. The highest BCUT2D eigenvalue weighted by atomic mass is 35.5. The van der Waals surface area contributed by atoms with Gasteiger partial charge in [0, 0.05) is 28.6 Å². The highest BCUT2D eigenvalue weighted by Crippen LogP contribution is 2.25. The molecule has 7 heteroatoms. The van der Waals surface area contributed by atoms with Gasteiger partial charge in [0.25, 0.3) is 5.91 Å². The molecule has 26 heavy (non-hydrogen) atoms. The highest BCUT2D eigenvalue weighted by Gasteiger charge is 2.34. The Morgan fingerprint density at radius 1 is 1.23 bits per heavy atom. The summed E-state index contributed by atoms with van der Waals surface area (Å²) in [6.45, 7) is 5.97. The number of carbonyl (C=O) groups is 2. The van der Waals surface area contributed by atoms with Crippen LogP contribution in [-0.2, 0) is 9.53 Å². The zero-order valence-corrected chi connectivity index (χ0v) is 15.7. The van der Waals surface area contributed by atoms with Gasteiger partial charge in [-0.1, -0.05) is 17.7 Å². The minimum Gasteiger partial charge on any atom is -0.479 e. The van der Waals surface area contributed by atoms with Crippen LogP contribution in [0, 0.1) is 13.8 Å². The van der Waals surface area contributed by atoms with Crippen LogP contribution in [-0.4, -0.2) is 51.7 Å². The first-order valence-electron chi connectivity index (χ1n) is 8.40. The van der Waals surface area contributed by atoms with Gasteiger partial charge in [-0.15, -0.1) is 0 Å². The van der Waals surface area contributed by atoms with Crippen molar-refractivity contribution in [3.05, 3.63) is 52.3 Å². The van der Waals surface area contributed by atoms with Gasteiger partial charge in [0.1, 0.15) is 0 Å². The third-order valence-corrected chi connectivity index (χ3v) is 4.79. The van der Waals surface area contributed by atoms with Crippen molar-refractivity contribution in [2.45, 2.75) is 33.0 Å². The molecular formula is C19H21ClN2O4. The smallest absolute Gasteiger partial charge is 0.334 e. The summed E-state index contributed by atoms with van der Waals surface area (Å²) in [6, 6.07) is 9.25. The van der Waals surface area contributed by atoms with Gasteiger partial charge >= 0.3 is 5.97 Å². The lowest BCUT2D eigenvalue weighted by atomic mass is 10.1. The summed E-state index contributed by atoms with van der Waals surface area (Å²) in [4.78, 5) is 25.9. The van der Waals surface area contributed by atoms with E-state index in [4.69, 9.17) is 16.3 Å². The van der Waals surface area contributed by atoms with Crippen LogP contribution in [0.4, 0.5) is 0 Å². The molecule has 2 aromatic rings. The van der Waals surface area contributed by atoms with Crippen LogP contribution in [0.5, 0.6) is 0 Å². The van der Waals surface area contributed by atoms with Gasteiger partial charge in [-0.25, -0.2) is 4.79 Å². The molecule has 1 aliphatic heterocycles. The van der Waals surface area contributed by atoms with Crippen LogP contribution in [0.1, 0.15) is 28.7 Å². The lowest BCUT2D eigenvalue weighted by molar-refractivity contribution is -0.160. The van der Waals surface area contributed by atoms with E-state index in [1.807, 2.05) is 42.7 Å². The van der Waals surface area contributed by atoms with Crippen LogP contribution in [0.25, 0.3) is 5.69 Å². The monoisotopic (exact) mass is 376 g/mol. The average Bonchev–Trinajstić information content (AvgIpc) is 2.88. The second kappa shape index (κ2) is 7.13. The summed E-state index contributed by atoms with van der Waals surface area (Å²) < 4.78 is 7.36. The number of carboxylic acid groups (broad SMARTS) is 1. The van der Waals surface area contributed by atoms with E-state index in [-0.39, 0.29) is 18.6 Å². The maximum absolute atomic E-state index is 13.0. The maximum atomic E-state index is 13.0. The van der Waals surface area contributed by atoms with Crippen molar-refractivity contribution in [3.63, 3.8) is 0 Å². The first-order chi connectivity index (χ1) is 12.3. The van der Waals surface area contributed by atoms with Crippen molar-refractivity contribution >= 4 is 23.5 Å². The molecule has 1 N–H and O–H groups in total. The molecule has 1 aromatic carbocycles. The quantitative estimate of drug-likeness (QED) is 0.893. The van der Waals surface area contributed by atoms with Gasteiger partial charge in [-0.2, -0.15) is 0 Å². The van der Waals surface area contributed by atoms with Crippen LogP contribution in [0.2, 0.25) is 5.02 Å². The highest BCUT2D eigenvalue weighted by molar-refractivity contribution is 6.30. The Kier molecular flexibility index (Phi) is 5.07. The molecule has 0 aliphatic carbocycles. The van der Waals surface area contributed by atoms with Gasteiger partial charge in [-0.05, 0) is 45.0 Å². The third-order valence-electron chi connectivity index (χ3n) is 4.55. The fraction of sp³-hybridized carbons (Fsp3) is 0.368. The molecule has 1 aromatic heterocycles. The SMILES string of the molecule is Cc1cc(C(=O)N2CC(C(=O)O)O[C@H](C)C2)c(C)n1-c1cccc(Cl)c1. The van der Waals surface area contributed by atoms with E-state index in [1.165, 1.54) is 0 Å². The van der Waals surface area contributed by atoms with Gasteiger partial charge in [0.2, 0.25) is 0 Å². The first-order valence-corrected chi connectivity index (χ1v) is 8.78. The van der Waals surface area contributed by atoms with Crippen LogP contribution in [0.3, 0.4) is 0 Å². The molecule has 6 nitrogen and oxygen atoms in total. The lowest BCUT2D eigenvalue weighted by Gasteiger charge is -2.35. The normalized spacial score (nSPS) is 20.2. The number of nitrogens with zero attached hydrogens (tertiary/aromatic N) is 2. The standard InChI is InChI=1S/C19H21ClN2O4/c1-11-7-16(13(3)22(11)15-6-4-5-14(20)8-15)18(23)21-9-12(2)26-17(10-21)19(24)25/h4-8,12,17H,9-10H2,1-3H3,(H,24,25)/t12-,17?/m1/s1. The van der Waals surface area contributed by atoms with E-state index < -0.39 is 12.1 Å². The molecule has 0 spiro atoms. The van der Waals surface area contributed by atoms with Gasteiger partial charge in [-0.3, -0.25) is 4.79 Å². The predicted octanol–water partition coefficient (Wildman–Crippen LogP) is 3.06. The molecule has 1 unspecified atom stereocenters. The number of morpholine rings is 1. The van der Waals surface area contributed by atoms with Crippen LogP contribution in [0.15, 0.2) is 30.3 Å². The Morgan fingerprint density at radius 2 is 1.96 bits per heavy atom. The zero-order valence-electron chi connectivity index (χ0n) is 14.9. The second-order valence-electron chi connectivity index (χ2n) is 6.58. The molecule has 1 fully saturated rings. The van der Waals surface area contributed by atoms with E-state index in [0.717, 1.165) is 17.1 Å². The molecule has 0 radical (unpaired) electrons. The summed E-state index contributed by atoms with van der Waals surface area (Å²) >= 11 is 6.09. The minimum atomic E-state index is -1.06.